The first kappa shape index (κ1) is 20.9. The molecule has 1 aliphatic heterocycles. The van der Waals surface area contributed by atoms with Crippen LogP contribution in [0, 0.1) is 0 Å². The van der Waals surface area contributed by atoms with E-state index in [1.165, 1.54) is 12.0 Å². The van der Waals surface area contributed by atoms with Crippen molar-refractivity contribution in [1.82, 2.24) is 4.90 Å². The first-order chi connectivity index (χ1) is 15.1. The molecule has 0 aromatic heterocycles. The number of imide groups is 1. The number of urea groups is 1. The highest BCUT2D eigenvalue weighted by Crippen LogP contribution is 2.34. The molecular formula is C24H27N3O4. The lowest BCUT2D eigenvalue weighted by Gasteiger charge is -2.33. The van der Waals surface area contributed by atoms with Gasteiger partial charge in [-0.15, -0.1) is 0 Å². The third kappa shape index (κ3) is 4.40. The van der Waals surface area contributed by atoms with Crippen molar-refractivity contribution in [2.45, 2.75) is 50.6 Å². The fourth-order valence-corrected chi connectivity index (χ4v) is 4.46. The molecule has 4 rings (SSSR count). The van der Waals surface area contributed by atoms with Crippen molar-refractivity contribution in [3.63, 3.8) is 0 Å². The highest BCUT2D eigenvalue weighted by Gasteiger charge is 2.49. The highest BCUT2D eigenvalue weighted by atomic mass is 16.5. The van der Waals surface area contributed by atoms with Crippen molar-refractivity contribution in [3.8, 4) is 5.75 Å². The van der Waals surface area contributed by atoms with Crippen molar-refractivity contribution < 1.29 is 19.1 Å². The standard InChI is InChI=1S/C24H27N3O4/c1-31-20-14-8-13-19(15-20)27-23(29)21(16-22(28)25-17-9-4-2-5-10-17)26(24(27)30)18-11-6-3-7-12-18/h2,4-5,8-10,13-15,18,21H,3,6-7,11-12,16H2,1H3,(H,25,28)/t21-/m1/s1. The van der Waals surface area contributed by atoms with E-state index in [2.05, 4.69) is 5.32 Å². The smallest absolute Gasteiger partial charge is 0.332 e. The molecular weight excluding hydrogens is 394 g/mol. The molecule has 1 saturated carbocycles. The SMILES string of the molecule is COc1cccc(N2C(=O)[C@@H](CC(=O)Nc3ccccc3)N(C3CCCCC3)C2=O)c1. The normalized spacial score (nSPS) is 19.6. The van der Waals surface area contributed by atoms with Crippen molar-refractivity contribution >= 4 is 29.2 Å². The van der Waals surface area contributed by atoms with E-state index in [1.54, 1.807) is 41.3 Å². The molecule has 1 saturated heterocycles. The monoisotopic (exact) mass is 421 g/mol. The quantitative estimate of drug-likeness (QED) is 0.709. The van der Waals surface area contributed by atoms with Crippen LogP contribution < -0.4 is 15.0 Å². The second-order valence-electron chi connectivity index (χ2n) is 7.99. The summed E-state index contributed by atoms with van der Waals surface area (Å²) in [6.07, 6.45) is 4.79. The average molecular weight is 421 g/mol. The summed E-state index contributed by atoms with van der Waals surface area (Å²) in [6.45, 7) is 0. The number of hydrogen-bond acceptors (Lipinski definition) is 4. The predicted molar refractivity (Wildman–Crippen MR) is 118 cm³/mol. The van der Waals surface area contributed by atoms with Gasteiger partial charge in [0.2, 0.25) is 5.91 Å². The van der Waals surface area contributed by atoms with E-state index in [0.717, 1.165) is 32.1 Å². The van der Waals surface area contributed by atoms with Crippen LogP contribution in [-0.4, -0.2) is 41.9 Å². The molecule has 7 heteroatoms. The van der Waals surface area contributed by atoms with Gasteiger partial charge in [0.15, 0.2) is 0 Å². The number of anilines is 2. The first-order valence-electron chi connectivity index (χ1n) is 10.7. The number of amides is 4. The van der Waals surface area contributed by atoms with Crippen LogP contribution in [0.1, 0.15) is 38.5 Å². The minimum atomic E-state index is -0.814. The zero-order chi connectivity index (χ0) is 21.8. The highest BCUT2D eigenvalue weighted by molar-refractivity contribution is 6.22. The fourth-order valence-electron chi connectivity index (χ4n) is 4.46. The predicted octanol–water partition coefficient (Wildman–Crippen LogP) is 4.19. The van der Waals surface area contributed by atoms with Gasteiger partial charge in [-0.3, -0.25) is 9.59 Å². The zero-order valence-electron chi connectivity index (χ0n) is 17.6. The molecule has 31 heavy (non-hydrogen) atoms. The van der Waals surface area contributed by atoms with E-state index >= 15 is 0 Å². The molecule has 1 aliphatic carbocycles. The molecule has 0 spiro atoms. The first-order valence-corrected chi connectivity index (χ1v) is 10.7. The van der Waals surface area contributed by atoms with Gasteiger partial charge >= 0.3 is 6.03 Å². The number of benzene rings is 2. The van der Waals surface area contributed by atoms with Crippen LogP contribution in [-0.2, 0) is 9.59 Å². The van der Waals surface area contributed by atoms with Crippen molar-refractivity contribution in [3.05, 3.63) is 54.6 Å². The Morgan fingerprint density at radius 3 is 2.48 bits per heavy atom. The van der Waals surface area contributed by atoms with Gasteiger partial charge in [0.25, 0.3) is 5.91 Å². The lowest BCUT2D eigenvalue weighted by atomic mass is 9.93. The number of ether oxygens (including phenoxy) is 1. The second-order valence-corrected chi connectivity index (χ2v) is 7.99. The number of rotatable bonds is 6. The third-order valence-electron chi connectivity index (χ3n) is 5.97. The third-order valence-corrected chi connectivity index (χ3v) is 5.97. The summed E-state index contributed by atoms with van der Waals surface area (Å²) in [6, 6.07) is 14.8. The topological polar surface area (TPSA) is 79.0 Å². The van der Waals surface area contributed by atoms with Crippen LogP contribution in [0.25, 0.3) is 0 Å². The number of methoxy groups -OCH3 is 1. The Morgan fingerprint density at radius 1 is 1.03 bits per heavy atom. The van der Waals surface area contributed by atoms with Crippen LogP contribution in [0.2, 0.25) is 0 Å². The van der Waals surface area contributed by atoms with E-state index in [-0.39, 0.29) is 30.3 Å². The molecule has 1 heterocycles. The van der Waals surface area contributed by atoms with E-state index in [9.17, 15) is 14.4 Å². The second kappa shape index (κ2) is 9.20. The van der Waals surface area contributed by atoms with Crippen LogP contribution in [0.3, 0.4) is 0 Å². The van der Waals surface area contributed by atoms with Crippen molar-refractivity contribution in [2.75, 3.05) is 17.3 Å². The number of carbonyl (C=O) groups excluding carboxylic acids is 3. The Kier molecular flexibility index (Phi) is 6.21. The lowest BCUT2D eigenvalue weighted by Crippen LogP contribution is -2.45. The number of para-hydroxylation sites is 1. The van der Waals surface area contributed by atoms with Gasteiger partial charge < -0.3 is 15.0 Å². The van der Waals surface area contributed by atoms with Gasteiger partial charge in [0.1, 0.15) is 11.8 Å². The molecule has 2 aromatic rings. The van der Waals surface area contributed by atoms with E-state index in [4.69, 9.17) is 4.74 Å². The largest absolute Gasteiger partial charge is 0.497 e. The maximum absolute atomic E-state index is 13.4. The van der Waals surface area contributed by atoms with Crippen LogP contribution >= 0.6 is 0 Å². The summed E-state index contributed by atoms with van der Waals surface area (Å²) in [5, 5.41) is 2.83. The zero-order valence-corrected chi connectivity index (χ0v) is 17.6. The molecule has 2 aliphatic rings. The Labute approximate surface area is 182 Å². The molecule has 0 unspecified atom stereocenters. The summed E-state index contributed by atoms with van der Waals surface area (Å²) in [7, 11) is 1.54. The number of nitrogens with one attached hydrogen (secondary N) is 1. The average Bonchev–Trinajstić information content (AvgIpc) is 3.04. The molecule has 162 valence electrons. The van der Waals surface area contributed by atoms with Gasteiger partial charge in [-0.2, -0.15) is 0 Å². The van der Waals surface area contributed by atoms with Crippen molar-refractivity contribution in [2.24, 2.45) is 0 Å². The van der Waals surface area contributed by atoms with Gasteiger partial charge in [0, 0.05) is 17.8 Å². The number of nitrogens with zero attached hydrogens (tertiary/aromatic N) is 2. The molecule has 1 atom stereocenters. The van der Waals surface area contributed by atoms with Gasteiger partial charge in [0.05, 0.1) is 19.2 Å². The van der Waals surface area contributed by atoms with Crippen LogP contribution in [0.5, 0.6) is 5.75 Å². The maximum atomic E-state index is 13.4. The number of hydrogen-bond donors (Lipinski definition) is 1. The molecule has 0 bridgehead atoms. The van der Waals surface area contributed by atoms with Gasteiger partial charge in [-0.05, 0) is 37.1 Å². The van der Waals surface area contributed by atoms with Gasteiger partial charge in [-0.25, -0.2) is 9.69 Å². The summed E-state index contributed by atoms with van der Waals surface area (Å²) in [5.74, 6) is -0.0923. The Bertz CT molecular complexity index is 956. The summed E-state index contributed by atoms with van der Waals surface area (Å²) in [4.78, 5) is 42.4. The van der Waals surface area contributed by atoms with Crippen LogP contribution in [0.15, 0.2) is 54.6 Å². The minimum Gasteiger partial charge on any atom is -0.497 e. The maximum Gasteiger partial charge on any atom is 0.332 e. The lowest BCUT2D eigenvalue weighted by molar-refractivity contribution is -0.125. The number of carbonyl (C=O) groups is 3. The Balaban J connectivity index is 1.60. The molecule has 4 amide bonds. The van der Waals surface area contributed by atoms with Crippen molar-refractivity contribution in [1.29, 1.82) is 0 Å². The van der Waals surface area contributed by atoms with E-state index in [0.29, 0.717) is 17.1 Å². The van der Waals surface area contributed by atoms with Crippen LogP contribution in [0.4, 0.5) is 16.2 Å². The van der Waals surface area contributed by atoms with E-state index in [1.807, 2.05) is 18.2 Å². The molecule has 7 nitrogen and oxygen atoms in total. The Hall–Kier alpha value is -3.35. The molecule has 0 radical (unpaired) electrons. The summed E-state index contributed by atoms with van der Waals surface area (Å²) in [5.41, 5.74) is 1.12. The van der Waals surface area contributed by atoms with E-state index < -0.39 is 6.04 Å². The summed E-state index contributed by atoms with van der Waals surface area (Å²) < 4.78 is 5.26. The fraction of sp³-hybridized carbons (Fsp3) is 0.375. The van der Waals surface area contributed by atoms with Gasteiger partial charge in [-0.1, -0.05) is 43.5 Å². The molecule has 2 fully saturated rings. The molecule has 1 N–H and O–H groups in total. The minimum absolute atomic E-state index is 0.0321. The molecule has 2 aromatic carbocycles. The summed E-state index contributed by atoms with van der Waals surface area (Å²) >= 11 is 0. The Morgan fingerprint density at radius 2 is 1.77 bits per heavy atom.